The molecule has 31 heavy (non-hydrogen) atoms. The number of piperidine rings is 1. The molecule has 1 aromatic heterocycles. The number of hydrogen-bond donors (Lipinski definition) is 1. The first-order valence-electron chi connectivity index (χ1n) is 11.2. The van der Waals surface area contributed by atoms with Crippen molar-refractivity contribution in [3.63, 3.8) is 0 Å². The van der Waals surface area contributed by atoms with E-state index in [4.69, 9.17) is 4.98 Å². The van der Waals surface area contributed by atoms with Crippen LogP contribution in [0.1, 0.15) is 42.6 Å². The second-order valence-electron chi connectivity index (χ2n) is 8.42. The van der Waals surface area contributed by atoms with Gasteiger partial charge in [0.25, 0.3) is 0 Å². The van der Waals surface area contributed by atoms with Gasteiger partial charge in [-0.25, -0.2) is 18.7 Å². The molecule has 162 valence electrons. The van der Waals surface area contributed by atoms with Crippen molar-refractivity contribution < 1.29 is 8.78 Å². The number of hydrogen-bond acceptors (Lipinski definition) is 3. The van der Waals surface area contributed by atoms with E-state index in [1.165, 1.54) is 37.0 Å². The summed E-state index contributed by atoms with van der Waals surface area (Å²) in [6.45, 7) is 2.28. The van der Waals surface area contributed by atoms with Gasteiger partial charge in [0.2, 0.25) is 0 Å². The van der Waals surface area contributed by atoms with Crippen molar-refractivity contribution in [2.75, 3.05) is 13.1 Å². The summed E-state index contributed by atoms with van der Waals surface area (Å²) in [5, 5.41) is 3.43. The van der Waals surface area contributed by atoms with E-state index in [1.54, 1.807) is 6.20 Å². The molecule has 2 heterocycles. The van der Waals surface area contributed by atoms with Crippen LogP contribution in [-0.4, -0.2) is 23.1 Å². The molecule has 0 spiro atoms. The molecule has 0 amide bonds. The molecule has 0 unspecified atom stereocenters. The van der Waals surface area contributed by atoms with Crippen molar-refractivity contribution in [3.05, 3.63) is 83.3 Å². The minimum absolute atomic E-state index is 0.534. The van der Waals surface area contributed by atoms with Crippen LogP contribution >= 0.6 is 0 Å². The Hall–Kier alpha value is -2.66. The molecule has 1 saturated heterocycles. The van der Waals surface area contributed by atoms with Gasteiger partial charge in [0.1, 0.15) is 17.5 Å². The van der Waals surface area contributed by atoms with Crippen LogP contribution in [0.5, 0.6) is 0 Å². The quantitative estimate of drug-likeness (QED) is 0.520. The molecule has 0 radical (unpaired) electrons. The molecule has 1 aliphatic rings. The van der Waals surface area contributed by atoms with Gasteiger partial charge in [-0.05, 0) is 92.9 Å². The molecule has 2 aromatic carbocycles. The number of benzene rings is 2. The third kappa shape index (κ3) is 6.41. The standard InChI is InChI=1S/C26H29F2N3/c27-23-16-21(17-24(28)18-23)4-2-6-26-30-14-11-25(31-26)22-5-1-3-20(15-22)8-7-19-9-12-29-13-10-19/h1,3,5,11,14-19,29H,2,4,6-10,12-13H2. The van der Waals surface area contributed by atoms with Gasteiger partial charge in [0, 0.05) is 24.2 Å². The minimum atomic E-state index is -0.534. The van der Waals surface area contributed by atoms with Crippen LogP contribution < -0.4 is 5.32 Å². The van der Waals surface area contributed by atoms with Crippen molar-refractivity contribution in [2.45, 2.75) is 44.9 Å². The largest absolute Gasteiger partial charge is 0.317 e. The van der Waals surface area contributed by atoms with Crippen LogP contribution in [0.15, 0.2) is 54.7 Å². The van der Waals surface area contributed by atoms with E-state index in [1.807, 2.05) is 6.07 Å². The van der Waals surface area contributed by atoms with E-state index in [-0.39, 0.29) is 0 Å². The summed E-state index contributed by atoms with van der Waals surface area (Å²) in [5.74, 6) is 0.512. The fourth-order valence-corrected chi connectivity index (χ4v) is 4.31. The third-order valence-corrected chi connectivity index (χ3v) is 6.02. The lowest BCUT2D eigenvalue weighted by atomic mass is 9.91. The highest BCUT2D eigenvalue weighted by Crippen LogP contribution is 2.22. The highest BCUT2D eigenvalue weighted by molar-refractivity contribution is 5.59. The summed E-state index contributed by atoms with van der Waals surface area (Å²) in [5.41, 5.74) is 4.05. The summed E-state index contributed by atoms with van der Waals surface area (Å²) < 4.78 is 26.7. The average molecular weight is 422 g/mol. The molecule has 3 aromatic rings. The van der Waals surface area contributed by atoms with Gasteiger partial charge in [0.05, 0.1) is 5.69 Å². The molecule has 3 nitrogen and oxygen atoms in total. The fourth-order valence-electron chi connectivity index (χ4n) is 4.31. The molecule has 0 saturated carbocycles. The summed E-state index contributed by atoms with van der Waals surface area (Å²) in [7, 11) is 0. The first-order valence-corrected chi connectivity index (χ1v) is 11.2. The van der Waals surface area contributed by atoms with Crippen molar-refractivity contribution >= 4 is 0 Å². The smallest absolute Gasteiger partial charge is 0.128 e. The predicted molar refractivity (Wildman–Crippen MR) is 120 cm³/mol. The Morgan fingerprint density at radius 2 is 1.68 bits per heavy atom. The van der Waals surface area contributed by atoms with E-state index in [2.05, 4.69) is 34.6 Å². The zero-order valence-corrected chi connectivity index (χ0v) is 17.8. The van der Waals surface area contributed by atoms with E-state index in [9.17, 15) is 8.78 Å². The molecule has 1 aliphatic heterocycles. The second-order valence-corrected chi connectivity index (χ2v) is 8.42. The van der Waals surface area contributed by atoms with Gasteiger partial charge in [-0.1, -0.05) is 18.2 Å². The van der Waals surface area contributed by atoms with Crippen molar-refractivity contribution in [2.24, 2.45) is 5.92 Å². The monoisotopic (exact) mass is 421 g/mol. The number of nitrogens with zero attached hydrogens (tertiary/aromatic N) is 2. The molecular formula is C26H29F2N3. The Morgan fingerprint density at radius 3 is 2.48 bits per heavy atom. The fraction of sp³-hybridized carbons (Fsp3) is 0.385. The first kappa shape index (κ1) is 21.6. The predicted octanol–water partition coefficient (Wildman–Crippen LogP) is 5.53. The summed E-state index contributed by atoms with van der Waals surface area (Å²) in [6.07, 6.45) is 8.68. The van der Waals surface area contributed by atoms with Gasteiger partial charge >= 0.3 is 0 Å². The summed E-state index contributed by atoms with van der Waals surface area (Å²) in [6, 6.07) is 14.2. The lowest BCUT2D eigenvalue weighted by Crippen LogP contribution is -2.27. The first-order chi connectivity index (χ1) is 15.2. The van der Waals surface area contributed by atoms with E-state index >= 15 is 0 Å². The van der Waals surface area contributed by atoms with E-state index in [0.29, 0.717) is 18.4 Å². The molecule has 4 rings (SSSR count). The molecule has 0 aliphatic carbocycles. The van der Waals surface area contributed by atoms with E-state index in [0.717, 1.165) is 55.0 Å². The van der Waals surface area contributed by atoms with Crippen molar-refractivity contribution in [1.82, 2.24) is 15.3 Å². The summed E-state index contributed by atoms with van der Waals surface area (Å²) >= 11 is 0. The minimum Gasteiger partial charge on any atom is -0.317 e. The van der Waals surface area contributed by atoms with Crippen LogP contribution in [0.25, 0.3) is 11.3 Å². The van der Waals surface area contributed by atoms with Crippen LogP contribution in [0, 0.1) is 17.6 Å². The molecule has 1 N–H and O–H groups in total. The van der Waals surface area contributed by atoms with Crippen LogP contribution in [0.2, 0.25) is 0 Å². The maximum Gasteiger partial charge on any atom is 0.128 e. The van der Waals surface area contributed by atoms with Gasteiger partial charge in [-0.3, -0.25) is 0 Å². The molecule has 1 fully saturated rings. The molecule has 0 atom stereocenters. The number of nitrogens with one attached hydrogen (secondary N) is 1. The zero-order chi connectivity index (χ0) is 21.5. The van der Waals surface area contributed by atoms with Gasteiger partial charge in [0.15, 0.2) is 0 Å². The normalized spacial score (nSPS) is 14.6. The summed E-state index contributed by atoms with van der Waals surface area (Å²) in [4.78, 5) is 9.12. The Kier molecular flexibility index (Phi) is 7.36. The van der Waals surface area contributed by atoms with Gasteiger partial charge in [-0.2, -0.15) is 0 Å². The number of rotatable bonds is 8. The maximum atomic E-state index is 13.3. The van der Waals surface area contributed by atoms with Crippen molar-refractivity contribution in [3.8, 4) is 11.3 Å². The molecule has 0 bridgehead atoms. The van der Waals surface area contributed by atoms with Crippen LogP contribution in [-0.2, 0) is 19.3 Å². The third-order valence-electron chi connectivity index (χ3n) is 6.02. The second kappa shape index (κ2) is 10.6. The average Bonchev–Trinajstić information content (AvgIpc) is 2.78. The lowest BCUT2D eigenvalue weighted by Gasteiger charge is -2.22. The molecular weight excluding hydrogens is 392 g/mol. The van der Waals surface area contributed by atoms with E-state index < -0.39 is 11.6 Å². The van der Waals surface area contributed by atoms with Gasteiger partial charge in [-0.15, -0.1) is 0 Å². The number of halogens is 2. The number of aryl methyl sites for hydroxylation is 3. The molecule has 5 heteroatoms. The maximum absolute atomic E-state index is 13.3. The van der Waals surface area contributed by atoms with Gasteiger partial charge < -0.3 is 5.32 Å². The Labute approximate surface area is 183 Å². The Balaban J connectivity index is 1.36. The zero-order valence-electron chi connectivity index (χ0n) is 17.8. The van der Waals surface area contributed by atoms with Crippen molar-refractivity contribution in [1.29, 1.82) is 0 Å². The highest BCUT2D eigenvalue weighted by atomic mass is 19.1. The lowest BCUT2D eigenvalue weighted by molar-refractivity contribution is 0.354. The van der Waals surface area contributed by atoms with Crippen LogP contribution in [0.4, 0.5) is 8.78 Å². The van der Waals surface area contributed by atoms with Crippen LogP contribution in [0.3, 0.4) is 0 Å². The highest BCUT2D eigenvalue weighted by Gasteiger charge is 2.13. The Morgan fingerprint density at radius 1 is 0.871 bits per heavy atom. The Bertz CT molecular complexity index is 979. The number of aromatic nitrogens is 2. The topological polar surface area (TPSA) is 37.8 Å². The SMILES string of the molecule is Fc1cc(F)cc(CCCc2nccc(-c3cccc(CCC4CCNCC4)c3)n2)c1.